The highest BCUT2D eigenvalue weighted by Crippen LogP contribution is 2.31. The van der Waals surface area contributed by atoms with E-state index in [9.17, 15) is 9.90 Å². The van der Waals surface area contributed by atoms with Crippen molar-refractivity contribution in [2.75, 3.05) is 11.4 Å². The van der Waals surface area contributed by atoms with E-state index in [4.69, 9.17) is 0 Å². The number of aliphatic carboxylic acids is 1. The van der Waals surface area contributed by atoms with Crippen LogP contribution in [0, 0.1) is 0 Å². The molecule has 1 aromatic carbocycles. The molecule has 20 heavy (non-hydrogen) atoms. The first-order chi connectivity index (χ1) is 9.75. The minimum Gasteiger partial charge on any atom is -0.480 e. The van der Waals surface area contributed by atoms with E-state index in [2.05, 4.69) is 4.98 Å². The quantitative estimate of drug-likeness (QED) is 0.927. The molecule has 1 aliphatic carbocycles. The van der Waals surface area contributed by atoms with E-state index < -0.39 is 5.97 Å². The van der Waals surface area contributed by atoms with Gasteiger partial charge in [-0.15, -0.1) is 0 Å². The number of hydrogen-bond acceptors (Lipinski definition) is 3. The van der Waals surface area contributed by atoms with Gasteiger partial charge in [0.15, 0.2) is 0 Å². The Kier molecular flexibility index (Phi) is 3.54. The first-order valence-corrected chi connectivity index (χ1v) is 7.08. The van der Waals surface area contributed by atoms with Crippen LogP contribution in [0.5, 0.6) is 0 Å². The molecular weight excluding hydrogens is 252 g/mol. The van der Waals surface area contributed by atoms with Crippen LogP contribution in [0.15, 0.2) is 36.5 Å². The molecule has 0 bridgehead atoms. The number of fused-ring (bicyclic) bond motifs is 1. The lowest BCUT2D eigenvalue weighted by molar-refractivity contribution is -0.135. The van der Waals surface area contributed by atoms with Crippen molar-refractivity contribution in [2.45, 2.75) is 31.7 Å². The second kappa shape index (κ2) is 5.49. The third-order valence-electron chi connectivity index (χ3n) is 4.00. The molecule has 0 atom stereocenters. The Bertz CT molecular complexity index is 615. The molecule has 4 heteroatoms. The van der Waals surface area contributed by atoms with E-state index in [1.165, 1.54) is 12.8 Å². The molecule has 0 amide bonds. The molecule has 2 aromatic rings. The summed E-state index contributed by atoms with van der Waals surface area (Å²) in [5.74, 6) is 0.00374. The second-order valence-corrected chi connectivity index (χ2v) is 5.32. The van der Waals surface area contributed by atoms with Gasteiger partial charge in [-0.2, -0.15) is 0 Å². The van der Waals surface area contributed by atoms with Crippen molar-refractivity contribution < 1.29 is 9.90 Å². The molecule has 1 fully saturated rings. The molecule has 0 spiro atoms. The summed E-state index contributed by atoms with van der Waals surface area (Å²) >= 11 is 0. The SMILES string of the molecule is O=C(O)CN(c1nccc2ccccc12)C1CCCC1. The number of pyridine rings is 1. The Hall–Kier alpha value is -2.10. The van der Waals surface area contributed by atoms with Crippen LogP contribution in [0.3, 0.4) is 0 Å². The van der Waals surface area contributed by atoms with Gasteiger partial charge in [0.2, 0.25) is 0 Å². The Balaban J connectivity index is 2.05. The predicted octanol–water partition coefficient (Wildman–Crippen LogP) is 3.07. The summed E-state index contributed by atoms with van der Waals surface area (Å²) in [4.78, 5) is 17.6. The van der Waals surface area contributed by atoms with Crippen LogP contribution in [0.25, 0.3) is 10.8 Å². The number of hydrogen-bond donors (Lipinski definition) is 1. The van der Waals surface area contributed by atoms with E-state index in [-0.39, 0.29) is 6.54 Å². The number of aromatic nitrogens is 1. The van der Waals surface area contributed by atoms with Crippen molar-refractivity contribution in [2.24, 2.45) is 0 Å². The molecular formula is C16H18N2O2. The second-order valence-electron chi connectivity index (χ2n) is 5.32. The topological polar surface area (TPSA) is 53.4 Å². The van der Waals surface area contributed by atoms with E-state index in [0.29, 0.717) is 6.04 Å². The molecule has 1 aliphatic rings. The molecule has 0 aliphatic heterocycles. The highest BCUT2D eigenvalue weighted by Gasteiger charge is 2.26. The molecule has 3 rings (SSSR count). The summed E-state index contributed by atoms with van der Waals surface area (Å²) in [6.07, 6.45) is 6.22. The Labute approximate surface area is 118 Å². The fourth-order valence-corrected chi connectivity index (χ4v) is 3.07. The Morgan fingerprint density at radius 1 is 1.25 bits per heavy atom. The summed E-state index contributed by atoms with van der Waals surface area (Å²) in [5, 5.41) is 11.3. The molecule has 104 valence electrons. The predicted molar refractivity (Wildman–Crippen MR) is 79.0 cm³/mol. The van der Waals surface area contributed by atoms with Gasteiger partial charge in [-0.3, -0.25) is 4.79 Å². The van der Waals surface area contributed by atoms with Crippen molar-refractivity contribution in [3.63, 3.8) is 0 Å². The van der Waals surface area contributed by atoms with Gasteiger partial charge in [-0.1, -0.05) is 37.1 Å². The van der Waals surface area contributed by atoms with Gasteiger partial charge in [-0.25, -0.2) is 4.98 Å². The third-order valence-corrected chi connectivity index (χ3v) is 4.00. The zero-order chi connectivity index (χ0) is 13.9. The first-order valence-electron chi connectivity index (χ1n) is 7.08. The van der Waals surface area contributed by atoms with E-state index >= 15 is 0 Å². The number of carboxylic acid groups (broad SMARTS) is 1. The van der Waals surface area contributed by atoms with Gasteiger partial charge in [0.25, 0.3) is 0 Å². The number of anilines is 1. The minimum atomic E-state index is -0.799. The van der Waals surface area contributed by atoms with Crippen LogP contribution in [0.1, 0.15) is 25.7 Å². The Morgan fingerprint density at radius 2 is 2.00 bits per heavy atom. The smallest absolute Gasteiger partial charge is 0.323 e. The number of nitrogens with zero attached hydrogens (tertiary/aromatic N) is 2. The van der Waals surface area contributed by atoms with Crippen molar-refractivity contribution in [1.82, 2.24) is 4.98 Å². The van der Waals surface area contributed by atoms with Gasteiger partial charge in [0, 0.05) is 17.6 Å². The van der Waals surface area contributed by atoms with Crippen LogP contribution < -0.4 is 4.90 Å². The number of carbonyl (C=O) groups is 1. The summed E-state index contributed by atoms with van der Waals surface area (Å²) in [6, 6.07) is 10.3. The molecule has 4 nitrogen and oxygen atoms in total. The summed E-state index contributed by atoms with van der Waals surface area (Å²) in [6.45, 7) is 0.0195. The van der Waals surface area contributed by atoms with E-state index in [0.717, 1.165) is 29.4 Å². The first kappa shape index (κ1) is 12.9. The fourth-order valence-electron chi connectivity index (χ4n) is 3.07. The lowest BCUT2D eigenvalue weighted by atomic mass is 10.1. The number of rotatable bonds is 4. The van der Waals surface area contributed by atoms with Gasteiger partial charge in [-0.05, 0) is 24.3 Å². The molecule has 1 aromatic heterocycles. The van der Waals surface area contributed by atoms with Crippen LogP contribution >= 0.6 is 0 Å². The average molecular weight is 270 g/mol. The average Bonchev–Trinajstić information content (AvgIpc) is 2.98. The van der Waals surface area contributed by atoms with Crippen LogP contribution in [-0.4, -0.2) is 28.6 Å². The largest absolute Gasteiger partial charge is 0.480 e. The van der Waals surface area contributed by atoms with Gasteiger partial charge in [0.1, 0.15) is 12.4 Å². The van der Waals surface area contributed by atoms with Crippen molar-refractivity contribution in [3.05, 3.63) is 36.5 Å². The van der Waals surface area contributed by atoms with Gasteiger partial charge < -0.3 is 10.0 Å². The standard InChI is InChI=1S/C16H18N2O2/c19-15(20)11-18(13-6-2-3-7-13)16-14-8-4-1-5-12(14)9-10-17-16/h1,4-5,8-10,13H,2-3,6-7,11H2,(H,19,20). The molecule has 0 unspecified atom stereocenters. The molecule has 0 radical (unpaired) electrons. The van der Waals surface area contributed by atoms with E-state index in [1.807, 2.05) is 35.2 Å². The maximum atomic E-state index is 11.2. The summed E-state index contributed by atoms with van der Waals surface area (Å²) in [7, 11) is 0. The highest BCUT2D eigenvalue weighted by atomic mass is 16.4. The highest BCUT2D eigenvalue weighted by molar-refractivity contribution is 5.93. The summed E-state index contributed by atoms with van der Waals surface area (Å²) < 4.78 is 0. The molecule has 1 heterocycles. The number of benzene rings is 1. The zero-order valence-electron chi connectivity index (χ0n) is 11.3. The lowest BCUT2D eigenvalue weighted by Crippen LogP contribution is -2.38. The maximum absolute atomic E-state index is 11.2. The summed E-state index contributed by atoms with van der Waals surface area (Å²) in [5.41, 5.74) is 0. The molecule has 1 saturated carbocycles. The van der Waals surface area contributed by atoms with Crippen LogP contribution in [-0.2, 0) is 4.79 Å². The zero-order valence-corrected chi connectivity index (χ0v) is 11.3. The lowest BCUT2D eigenvalue weighted by Gasteiger charge is -2.29. The fraction of sp³-hybridized carbons (Fsp3) is 0.375. The van der Waals surface area contributed by atoms with Crippen LogP contribution in [0.4, 0.5) is 5.82 Å². The number of carboxylic acids is 1. The van der Waals surface area contributed by atoms with Crippen molar-refractivity contribution in [1.29, 1.82) is 0 Å². The van der Waals surface area contributed by atoms with Crippen LogP contribution in [0.2, 0.25) is 0 Å². The third kappa shape index (κ3) is 2.46. The molecule has 1 N–H and O–H groups in total. The van der Waals surface area contributed by atoms with Gasteiger partial charge in [0.05, 0.1) is 0 Å². The van der Waals surface area contributed by atoms with Crippen molar-refractivity contribution >= 4 is 22.6 Å². The molecule has 0 saturated heterocycles. The normalized spacial score (nSPS) is 15.6. The van der Waals surface area contributed by atoms with Gasteiger partial charge >= 0.3 is 5.97 Å². The minimum absolute atomic E-state index is 0.0195. The monoisotopic (exact) mass is 270 g/mol. The van der Waals surface area contributed by atoms with E-state index in [1.54, 1.807) is 6.20 Å². The Morgan fingerprint density at radius 3 is 2.75 bits per heavy atom. The maximum Gasteiger partial charge on any atom is 0.323 e. The van der Waals surface area contributed by atoms with Crippen molar-refractivity contribution in [3.8, 4) is 0 Å².